The Kier molecular flexibility index (Phi) is 5.64. The van der Waals surface area contributed by atoms with Crippen molar-refractivity contribution in [3.63, 3.8) is 0 Å². The highest BCUT2D eigenvalue weighted by molar-refractivity contribution is 5.96. The Hall–Kier alpha value is -2.43. The third kappa shape index (κ3) is 4.56. The molecule has 0 atom stereocenters. The van der Waals surface area contributed by atoms with Crippen molar-refractivity contribution in [3.05, 3.63) is 54.0 Å². The number of aromatic nitrogens is 2. The van der Waals surface area contributed by atoms with E-state index in [1.807, 2.05) is 37.1 Å². The van der Waals surface area contributed by atoms with E-state index >= 15 is 0 Å². The number of carbonyl (C=O) groups is 1. The van der Waals surface area contributed by atoms with Gasteiger partial charge in [-0.1, -0.05) is 6.07 Å². The summed E-state index contributed by atoms with van der Waals surface area (Å²) in [7, 11) is 0. The summed E-state index contributed by atoms with van der Waals surface area (Å²) in [6, 6.07) is 9.62. The number of carbonyl (C=O) groups excluding carboxylic acids is 1. The van der Waals surface area contributed by atoms with Gasteiger partial charge in [-0.05, 0) is 63.3 Å². The van der Waals surface area contributed by atoms with E-state index in [9.17, 15) is 4.79 Å². The van der Waals surface area contributed by atoms with Gasteiger partial charge in [0.1, 0.15) is 5.56 Å². The first kappa shape index (κ1) is 17.4. The monoisotopic (exact) mass is 339 g/mol. The molecule has 3 heterocycles. The van der Waals surface area contributed by atoms with Crippen molar-refractivity contribution in [1.82, 2.24) is 14.9 Å². The van der Waals surface area contributed by atoms with Crippen LogP contribution in [0.5, 0.6) is 5.88 Å². The van der Waals surface area contributed by atoms with E-state index in [1.54, 1.807) is 18.3 Å². The minimum Gasteiger partial charge on any atom is -0.474 e. The molecular weight excluding hydrogens is 314 g/mol. The van der Waals surface area contributed by atoms with Crippen LogP contribution in [0.4, 0.5) is 0 Å². The van der Waals surface area contributed by atoms with Crippen molar-refractivity contribution in [2.45, 2.75) is 39.2 Å². The molecule has 0 saturated carbocycles. The lowest BCUT2D eigenvalue weighted by Gasteiger charge is -2.32. The lowest BCUT2D eigenvalue weighted by atomic mass is 9.91. The molecule has 1 saturated heterocycles. The maximum Gasteiger partial charge on any atom is 0.259 e. The molecule has 3 rings (SSSR count). The molecule has 0 bridgehead atoms. The van der Waals surface area contributed by atoms with Crippen LogP contribution < -0.4 is 4.74 Å². The van der Waals surface area contributed by atoms with E-state index in [2.05, 4.69) is 16.0 Å². The predicted molar refractivity (Wildman–Crippen MR) is 96.6 cm³/mol. The van der Waals surface area contributed by atoms with Gasteiger partial charge in [-0.2, -0.15) is 0 Å². The molecule has 5 nitrogen and oxygen atoms in total. The topological polar surface area (TPSA) is 55.3 Å². The zero-order chi connectivity index (χ0) is 17.6. The van der Waals surface area contributed by atoms with Gasteiger partial charge < -0.3 is 9.64 Å². The van der Waals surface area contributed by atoms with Crippen molar-refractivity contribution >= 4 is 5.91 Å². The summed E-state index contributed by atoms with van der Waals surface area (Å²) in [4.78, 5) is 23.4. The molecule has 132 valence electrons. The third-order valence-corrected chi connectivity index (χ3v) is 4.47. The molecule has 0 radical (unpaired) electrons. The number of hydrogen-bond donors (Lipinski definition) is 0. The molecule has 0 N–H and O–H groups in total. The third-order valence-electron chi connectivity index (χ3n) is 4.47. The molecule has 1 amide bonds. The van der Waals surface area contributed by atoms with Gasteiger partial charge in [0.2, 0.25) is 5.88 Å². The molecule has 2 aromatic rings. The summed E-state index contributed by atoms with van der Waals surface area (Å²) in [6.45, 7) is 5.41. The van der Waals surface area contributed by atoms with E-state index in [-0.39, 0.29) is 12.0 Å². The van der Waals surface area contributed by atoms with Gasteiger partial charge in [0, 0.05) is 31.2 Å². The second kappa shape index (κ2) is 8.10. The second-order valence-electron chi connectivity index (χ2n) is 6.78. The Morgan fingerprint density at radius 3 is 2.60 bits per heavy atom. The van der Waals surface area contributed by atoms with Crippen molar-refractivity contribution in [2.75, 3.05) is 13.1 Å². The van der Waals surface area contributed by atoms with Gasteiger partial charge in [0.25, 0.3) is 5.91 Å². The Labute approximate surface area is 149 Å². The number of rotatable bonds is 5. The number of piperidine rings is 1. The molecule has 1 aliphatic heterocycles. The van der Waals surface area contributed by atoms with Crippen molar-refractivity contribution in [3.8, 4) is 5.88 Å². The Balaban J connectivity index is 1.60. The number of likely N-dealkylation sites (tertiary alicyclic amines) is 1. The van der Waals surface area contributed by atoms with E-state index in [4.69, 9.17) is 4.74 Å². The fourth-order valence-electron chi connectivity index (χ4n) is 3.20. The first-order valence-electron chi connectivity index (χ1n) is 8.94. The number of nitrogens with zero attached hydrogens (tertiary/aromatic N) is 3. The zero-order valence-electron chi connectivity index (χ0n) is 14.9. The highest BCUT2D eigenvalue weighted by Gasteiger charge is 2.26. The molecule has 25 heavy (non-hydrogen) atoms. The molecule has 2 aromatic heterocycles. The standard InChI is InChI=1S/C20H25N3O2/c1-15(2)25-19-18(7-5-11-22-19)20(24)23-12-8-16(9-13-23)14-17-6-3-4-10-21-17/h3-7,10-11,15-16H,8-9,12-14H2,1-2H3. The van der Waals surface area contributed by atoms with Gasteiger partial charge in [0.05, 0.1) is 6.10 Å². The van der Waals surface area contributed by atoms with Crippen LogP contribution in [0.3, 0.4) is 0 Å². The van der Waals surface area contributed by atoms with Crippen LogP contribution in [-0.4, -0.2) is 40.0 Å². The molecular formula is C20H25N3O2. The lowest BCUT2D eigenvalue weighted by Crippen LogP contribution is -2.39. The van der Waals surface area contributed by atoms with Gasteiger partial charge >= 0.3 is 0 Å². The Morgan fingerprint density at radius 1 is 1.16 bits per heavy atom. The van der Waals surface area contributed by atoms with Gasteiger partial charge in [0.15, 0.2) is 0 Å². The normalized spacial score (nSPS) is 15.4. The molecule has 0 spiro atoms. The molecule has 1 fully saturated rings. The number of pyridine rings is 2. The quantitative estimate of drug-likeness (QED) is 0.838. The average molecular weight is 339 g/mol. The van der Waals surface area contributed by atoms with E-state index in [0.717, 1.165) is 38.0 Å². The van der Waals surface area contributed by atoms with Crippen LogP contribution in [0.1, 0.15) is 42.7 Å². The zero-order valence-corrected chi connectivity index (χ0v) is 14.9. The summed E-state index contributed by atoms with van der Waals surface area (Å²) in [6.07, 6.45) is 6.48. The van der Waals surface area contributed by atoms with Crippen LogP contribution in [-0.2, 0) is 6.42 Å². The summed E-state index contributed by atoms with van der Waals surface area (Å²) in [5.41, 5.74) is 1.69. The molecule has 1 aliphatic rings. The number of amides is 1. The largest absolute Gasteiger partial charge is 0.474 e. The van der Waals surface area contributed by atoms with Crippen molar-refractivity contribution in [1.29, 1.82) is 0 Å². The fraction of sp³-hybridized carbons (Fsp3) is 0.450. The fourth-order valence-corrected chi connectivity index (χ4v) is 3.20. The maximum absolute atomic E-state index is 12.9. The molecule has 5 heteroatoms. The second-order valence-corrected chi connectivity index (χ2v) is 6.78. The van der Waals surface area contributed by atoms with Gasteiger partial charge in [-0.15, -0.1) is 0 Å². The predicted octanol–water partition coefficient (Wildman–Crippen LogP) is 3.36. The van der Waals surface area contributed by atoms with Crippen LogP contribution in [0.15, 0.2) is 42.7 Å². The maximum atomic E-state index is 12.9. The summed E-state index contributed by atoms with van der Waals surface area (Å²) < 4.78 is 5.69. The van der Waals surface area contributed by atoms with Crippen LogP contribution in [0.25, 0.3) is 0 Å². The van der Waals surface area contributed by atoms with E-state index in [1.165, 1.54) is 0 Å². The number of hydrogen-bond acceptors (Lipinski definition) is 4. The smallest absolute Gasteiger partial charge is 0.259 e. The minimum absolute atomic E-state index is 0.00874. The van der Waals surface area contributed by atoms with Crippen LogP contribution in [0, 0.1) is 5.92 Å². The van der Waals surface area contributed by atoms with Crippen LogP contribution >= 0.6 is 0 Å². The first-order valence-corrected chi connectivity index (χ1v) is 8.94. The van der Waals surface area contributed by atoms with E-state index in [0.29, 0.717) is 17.4 Å². The molecule has 0 aromatic carbocycles. The van der Waals surface area contributed by atoms with Crippen molar-refractivity contribution in [2.24, 2.45) is 5.92 Å². The average Bonchev–Trinajstić information content (AvgIpc) is 2.63. The van der Waals surface area contributed by atoms with Gasteiger partial charge in [-0.3, -0.25) is 9.78 Å². The summed E-state index contributed by atoms with van der Waals surface area (Å²) >= 11 is 0. The van der Waals surface area contributed by atoms with Crippen LogP contribution in [0.2, 0.25) is 0 Å². The molecule has 0 aliphatic carbocycles. The summed E-state index contributed by atoms with van der Waals surface area (Å²) in [5.74, 6) is 1.03. The minimum atomic E-state index is -0.00874. The highest BCUT2D eigenvalue weighted by atomic mass is 16.5. The van der Waals surface area contributed by atoms with E-state index < -0.39 is 0 Å². The first-order chi connectivity index (χ1) is 12.1. The van der Waals surface area contributed by atoms with Crippen molar-refractivity contribution < 1.29 is 9.53 Å². The van der Waals surface area contributed by atoms with Gasteiger partial charge in [-0.25, -0.2) is 4.98 Å². The Morgan fingerprint density at radius 2 is 1.92 bits per heavy atom. The summed E-state index contributed by atoms with van der Waals surface area (Å²) in [5, 5.41) is 0. The highest BCUT2D eigenvalue weighted by Crippen LogP contribution is 2.24. The number of ether oxygens (including phenoxy) is 1. The lowest BCUT2D eigenvalue weighted by molar-refractivity contribution is 0.0683. The Bertz CT molecular complexity index is 695. The molecule has 0 unspecified atom stereocenters. The SMILES string of the molecule is CC(C)Oc1ncccc1C(=O)N1CCC(Cc2ccccn2)CC1.